The molecule has 5 nitrogen and oxygen atoms in total. The van der Waals surface area contributed by atoms with Gasteiger partial charge in [-0.15, -0.1) is 0 Å². The third kappa shape index (κ3) is 2.43. The number of nitrogens with zero attached hydrogens (tertiary/aromatic N) is 3. The molecule has 0 bridgehead atoms. The second-order valence-corrected chi connectivity index (χ2v) is 4.25. The summed E-state index contributed by atoms with van der Waals surface area (Å²) in [5.41, 5.74) is 0. The summed E-state index contributed by atoms with van der Waals surface area (Å²) in [6.45, 7) is 3.20. The Hall–Kier alpha value is -1.52. The summed E-state index contributed by atoms with van der Waals surface area (Å²) in [4.78, 5) is 10.9. The summed E-state index contributed by atoms with van der Waals surface area (Å²) < 4.78 is 5.44. The van der Waals surface area contributed by atoms with Crippen LogP contribution in [0.3, 0.4) is 0 Å². The minimum Gasteiger partial charge on any atom is -0.490 e. The number of anilines is 2. The Bertz CT molecular complexity index is 379. The predicted molar refractivity (Wildman–Crippen MR) is 68.8 cm³/mol. The summed E-state index contributed by atoms with van der Waals surface area (Å²) in [6.07, 6.45) is 5.21. The third-order valence-electron chi connectivity index (χ3n) is 2.95. The number of hydrogen-bond donors (Lipinski definition) is 1. The number of methoxy groups -OCH3 is 1. The van der Waals surface area contributed by atoms with Gasteiger partial charge in [-0.2, -0.15) is 0 Å². The second kappa shape index (κ2) is 5.21. The fraction of sp³-hybridized carbons (Fsp3) is 0.667. The zero-order valence-electron chi connectivity index (χ0n) is 10.7. The van der Waals surface area contributed by atoms with E-state index in [9.17, 15) is 0 Å². The summed E-state index contributed by atoms with van der Waals surface area (Å²) in [6, 6.07) is 0.628. The minimum absolute atomic E-state index is 0.628. The highest BCUT2D eigenvalue weighted by atomic mass is 16.5. The summed E-state index contributed by atoms with van der Waals surface area (Å²) in [5, 5.41) is 3.04. The molecule has 1 aromatic rings. The molecule has 1 fully saturated rings. The molecule has 2 rings (SSSR count). The highest BCUT2D eigenvalue weighted by Crippen LogP contribution is 2.38. The lowest BCUT2D eigenvalue weighted by molar-refractivity contribution is 0.412. The van der Waals surface area contributed by atoms with Crippen LogP contribution in [0.25, 0.3) is 0 Å². The number of nitrogens with one attached hydrogen (secondary N) is 1. The van der Waals surface area contributed by atoms with E-state index in [0.29, 0.717) is 6.04 Å². The lowest BCUT2D eigenvalue weighted by atomic mass is 10.3. The van der Waals surface area contributed by atoms with Gasteiger partial charge in [0.15, 0.2) is 11.6 Å². The topological polar surface area (TPSA) is 50.3 Å². The van der Waals surface area contributed by atoms with Gasteiger partial charge < -0.3 is 15.0 Å². The van der Waals surface area contributed by atoms with Gasteiger partial charge in [-0.1, -0.05) is 6.92 Å². The van der Waals surface area contributed by atoms with Crippen molar-refractivity contribution in [3.8, 4) is 5.75 Å². The molecule has 0 aliphatic heterocycles. The van der Waals surface area contributed by atoms with E-state index in [-0.39, 0.29) is 0 Å². The smallest absolute Gasteiger partial charge is 0.204 e. The van der Waals surface area contributed by atoms with Gasteiger partial charge in [0, 0.05) is 19.6 Å². The van der Waals surface area contributed by atoms with E-state index in [1.54, 1.807) is 13.4 Å². The van der Waals surface area contributed by atoms with Gasteiger partial charge in [-0.05, 0) is 19.3 Å². The molecule has 1 aromatic heterocycles. The Morgan fingerprint density at radius 2 is 2.24 bits per heavy atom. The molecular formula is C12H20N4O. The quantitative estimate of drug-likeness (QED) is 0.817. The summed E-state index contributed by atoms with van der Waals surface area (Å²) in [7, 11) is 3.51. The van der Waals surface area contributed by atoms with Gasteiger partial charge in [0.2, 0.25) is 5.75 Å². The zero-order chi connectivity index (χ0) is 12.3. The van der Waals surface area contributed by atoms with Crippen LogP contribution >= 0.6 is 0 Å². The average Bonchev–Trinajstić information content (AvgIpc) is 3.19. The van der Waals surface area contributed by atoms with E-state index in [1.165, 1.54) is 12.8 Å². The van der Waals surface area contributed by atoms with Crippen LogP contribution < -0.4 is 15.0 Å². The third-order valence-corrected chi connectivity index (χ3v) is 2.95. The van der Waals surface area contributed by atoms with E-state index < -0.39 is 0 Å². The zero-order valence-corrected chi connectivity index (χ0v) is 10.7. The van der Waals surface area contributed by atoms with E-state index in [0.717, 1.165) is 30.4 Å². The van der Waals surface area contributed by atoms with Crippen molar-refractivity contribution >= 4 is 11.6 Å². The Labute approximate surface area is 102 Å². The van der Waals surface area contributed by atoms with E-state index >= 15 is 0 Å². The van der Waals surface area contributed by atoms with Crippen LogP contribution in [0.5, 0.6) is 5.75 Å². The largest absolute Gasteiger partial charge is 0.490 e. The molecule has 0 amide bonds. The van der Waals surface area contributed by atoms with Gasteiger partial charge in [-0.3, -0.25) is 0 Å². The average molecular weight is 236 g/mol. The Kier molecular flexibility index (Phi) is 3.66. The molecule has 1 aliphatic carbocycles. The molecule has 0 aromatic carbocycles. The molecule has 1 aliphatic rings. The van der Waals surface area contributed by atoms with Crippen molar-refractivity contribution in [2.24, 2.45) is 0 Å². The molecule has 5 heteroatoms. The Morgan fingerprint density at radius 1 is 1.47 bits per heavy atom. The molecule has 1 heterocycles. The number of hydrogen-bond acceptors (Lipinski definition) is 5. The molecule has 0 unspecified atom stereocenters. The van der Waals surface area contributed by atoms with E-state index in [1.807, 2.05) is 7.05 Å². The van der Waals surface area contributed by atoms with Crippen LogP contribution in [0, 0.1) is 0 Å². The van der Waals surface area contributed by atoms with Crippen LogP contribution in [0.15, 0.2) is 6.33 Å². The highest BCUT2D eigenvalue weighted by Gasteiger charge is 2.31. The first-order chi connectivity index (χ1) is 8.31. The number of aromatic nitrogens is 2. The molecule has 0 radical (unpaired) electrons. The van der Waals surface area contributed by atoms with Crippen molar-refractivity contribution in [3.05, 3.63) is 6.33 Å². The van der Waals surface area contributed by atoms with Gasteiger partial charge in [-0.25, -0.2) is 9.97 Å². The van der Waals surface area contributed by atoms with Crippen molar-refractivity contribution in [2.45, 2.75) is 32.2 Å². The summed E-state index contributed by atoms with van der Waals surface area (Å²) >= 11 is 0. The van der Waals surface area contributed by atoms with E-state index in [4.69, 9.17) is 4.74 Å². The fourth-order valence-corrected chi connectivity index (χ4v) is 2.02. The van der Waals surface area contributed by atoms with Crippen LogP contribution in [-0.4, -0.2) is 36.7 Å². The second-order valence-electron chi connectivity index (χ2n) is 4.25. The van der Waals surface area contributed by atoms with Crippen LogP contribution in [0.1, 0.15) is 26.2 Å². The summed E-state index contributed by atoms with van der Waals surface area (Å²) in [5.74, 6) is 2.41. The van der Waals surface area contributed by atoms with Crippen molar-refractivity contribution in [1.29, 1.82) is 0 Å². The normalized spacial score (nSPS) is 14.5. The molecule has 1 N–H and O–H groups in total. The first-order valence-corrected chi connectivity index (χ1v) is 6.15. The number of rotatable bonds is 6. The Morgan fingerprint density at radius 3 is 2.76 bits per heavy atom. The predicted octanol–water partition coefficient (Wildman–Crippen LogP) is 1.91. The maximum absolute atomic E-state index is 5.44. The van der Waals surface area contributed by atoms with Crippen LogP contribution in [-0.2, 0) is 0 Å². The van der Waals surface area contributed by atoms with Crippen molar-refractivity contribution in [3.63, 3.8) is 0 Å². The maximum atomic E-state index is 5.44. The lowest BCUT2D eigenvalue weighted by Crippen LogP contribution is -2.28. The SMILES string of the molecule is CCCN(c1ncnc(NC)c1OC)C1CC1. The van der Waals surface area contributed by atoms with Gasteiger partial charge in [0.25, 0.3) is 0 Å². The molecular weight excluding hydrogens is 216 g/mol. The first-order valence-electron chi connectivity index (χ1n) is 6.15. The first kappa shape index (κ1) is 12.0. The van der Waals surface area contributed by atoms with Crippen LogP contribution in [0.2, 0.25) is 0 Å². The Balaban J connectivity index is 2.34. The molecule has 17 heavy (non-hydrogen) atoms. The van der Waals surface area contributed by atoms with E-state index in [2.05, 4.69) is 27.1 Å². The standard InChI is InChI=1S/C12H20N4O/c1-4-7-16(9-5-6-9)12-10(17-3)11(13-2)14-8-15-12/h8-9H,4-7H2,1-3H3,(H,13,14,15). The minimum atomic E-state index is 0.628. The maximum Gasteiger partial charge on any atom is 0.204 e. The molecule has 0 saturated heterocycles. The van der Waals surface area contributed by atoms with Crippen molar-refractivity contribution in [2.75, 3.05) is 30.9 Å². The molecule has 0 atom stereocenters. The van der Waals surface area contributed by atoms with Gasteiger partial charge >= 0.3 is 0 Å². The van der Waals surface area contributed by atoms with Gasteiger partial charge in [0.1, 0.15) is 6.33 Å². The molecule has 1 saturated carbocycles. The fourth-order valence-electron chi connectivity index (χ4n) is 2.02. The monoisotopic (exact) mass is 236 g/mol. The number of ether oxygens (including phenoxy) is 1. The van der Waals surface area contributed by atoms with Gasteiger partial charge in [0.05, 0.1) is 7.11 Å². The van der Waals surface area contributed by atoms with Crippen molar-refractivity contribution < 1.29 is 4.74 Å². The molecule has 94 valence electrons. The van der Waals surface area contributed by atoms with Crippen molar-refractivity contribution in [1.82, 2.24) is 9.97 Å². The highest BCUT2D eigenvalue weighted by molar-refractivity contribution is 5.65. The lowest BCUT2D eigenvalue weighted by Gasteiger charge is -2.25. The molecule has 0 spiro atoms. The van der Waals surface area contributed by atoms with Crippen LogP contribution in [0.4, 0.5) is 11.6 Å².